The van der Waals surface area contributed by atoms with Crippen molar-refractivity contribution in [2.45, 2.75) is 0 Å². The van der Waals surface area contributed by atoms with E-state index in [0.29, 0.717) is 15.8 Å². The molecule has 3 rings (SSSR count). The first-order valence-electron chi connectivity index (χ1n) is 6.35. The van der Waals surface area contributed by atoms with E-state index in [9.17, 15) is 4.39 Å². The van der Waals surface area contributed by atoms with Crippen molar-refractivity contribution >= 4 is 40.5 Å². The predicted octanol–water partition coefficient (Wildman–Crippen LogP) is 4.55. The van der Waals surface area contributed by atoms with Gasteiger partial charge < -0.3 is 9.88 Å². The van der Waals surface area contributed by atoms with Crippen molar-refractivity contribution in [1.82, 2.24) is 9.55 Å². The lowest BCUT2D eigenvalue weighted by Gasteiger charge is -2.14. The zero-order chi connectivity index (χ0) is 15.1. The largest absolute Gasteiger partial charge is 0.378 e. The molecule has 0 bridgehead atoms. The van der Waals surface area contributed by atoms with E-state index in [0.717, 1.165) is 11.4 Å². The molecule has 0 saturated heterocycles. The predicted molar refractivity (Wildman–Crippen MR) is 87.8 cm³/mol. The summed E-state index contributed by atoms with van der Waals surface area (Å²) in [6.07, 6.45) is 0. The topological polar surface area (TPSA) is 24.0 Å². The first-order valence-corrected chi connectivity index (χ1v) is 7.13. The normalized spacial score (nSPS) is 11.0. The summed E-state index contributed by atoms with van der Waals surface area (Å²) in [5, 5.41) is 0.0768. The number of anilines is 1. The number of nitrogens with one attached hydrogen (secondary N) is 1. The summed E-state index contributed by atoms with van der Waals surface area (Å²) in [6.45, 7) is 0. The monoisotopic (exact) mass is 321 g/mol. The molecular weight excluding hydrogens is 309 g/mol. The Morgan fingerprint density at radius 3 is 2.71 bits per heavy atom. The number of imidazole rings is 1. The van der Waals surface area contributed by atoms with Gasteiger partial charge in [-0.05, 0) is 36.5 Å². The van der Waals surface area contributed by atoms with Crippen molar-refractivity contribution in [3.8, 4) is 5.69 Å². The molecule has 3 nitrogen and oxygen atoms in total. The Morgan fingerprint density at radius 2 is 2.00 bits per heavy atom. The molecule has 108 valence electrons. The highest BCUT2D eigenvalue weighted by Crippen LogP contribution is 2.26. The Kier molecular flexibility index (Phi) is 3.47. The second kappa shape index (κ2) is 5.16. The zero-order valence-corrected chi connectivity index (χ0v) is 13.1. The van der Waals surface area contributed by atoms with E-state index in [1.807, 2.05) is 43.3 Å². The van der Waals surface area contributed by atoms with E-state index in [2.05, 4.69) is 4.98 Å². The summed E-state index contributed by atoms with van der Waals surface area (Å²) in [7, 11) is 3.93. The van der Waals surface area contributed by atoms with Gasteiger partial charge in [0.1, 0.15) is 5.82 Å². The van der Waals surface area contributed by atoms with Crippen molar-refractivity contribution in [2.75, 3.05) is 19.0 Å². The van der Waals surface area contributed by atoms with Crippen molar-refractivity contribution in [3.05, 3.63) is 52.0 Å². The molecule has 1 N–H and O–H groups in total. The molecule has 0 spiro atoms. The molecular formula is C15H13ClFN3S. The van der Waals surface area contributed by atoms with Crippen molar-refractivity contribution in [1.29, 1.82) is 0 Å². The van der Waals surface area contributed by atoms with Crippen LogP contribution in [0.3, 0.4) is 0 Å². The van der Waals surface area contributed by atoms with Gasteiger partial charge in [-0.3, -0.25) is 4.57 Å². The zero-order valence-electron chi connectivity index (χ0n) is 11.5. The molecule has 0 radical (unpaired) electrons. The van der Waals surface area contributed by atoms with Gasteiger partial charge in [0.25, 0.3) is 0 Å². The minimum atomic E-state index is -0.462. The fraction of sp³-hybridized carbons (Fsp3) is 0.133. The van der Waals surface area contributed by atoms with Gasteiger partial charge in [0.2, 0.25) is 0 Å². The molecule has 0 saturated carbocycles. The molecule has 6 heteroatoms. The Morgan fingerprint density at radius 1 is 1.24 bits per heavy atom. The summed E-state index contributed by atoms with van der Waals surface area (Å²) in [5.74, 6) is -0.462. The maximum absolute atomic E-state index is 13.8. The number of aromatic amines is 1. The Labute approximate surface area is 131 Å². The van der Waals surface area contributed by atoms with Crippen LogP contribution in [0, 0.1) is 10.6 Å². The first-order chi connectivity index (χ1) is 9.97. The Balaban J connectivity index is 2.30. The van der Waals surface area contributed by atoms with E-state index in [1.165, 1.54) is 6.07 Å². The van der Waals surface area contributed by atoms with E-state index >= 15 is 0 Å². The molecule has 0 fully saturated rings. The van der Waals surface area contributed by atoms with Crippen LogP contribution in [0.25, 0.3) is 16.7 Å². The summed E-state index contributed by atoms with van der Waals surface area (Å²) >= 11 is 11.2. The number of nitrogens with zero attached hydrogens (tertiary/aromatic N) is 2. The quantitative estimate of drug-likeness (QED) is 0.700. The van der Waals surface area contributed by atoms with Crippen LogP contribution in [0.5, 0.6) is 0 Å². The smallest absolute Gasteiger partial charge is 0.182 e. The average Bonchev–Trinajstić information content (AvgIpc) is 2.74. The van der Waals surface area contributed by atoms with E-state index in [-0.39, 0.29) is 5.02 Å². The lowest BCUT2D eigenvalue weighted by molar-refractivity contribution is 0.629. The van der Waals surface area contributed by atoms with Crippen molar-refractivity contribution in [3.63, 3.8) is 0 Å². The fourth-order valence-electron chi connectivity index (χ4n) is 2.27. The second-order valence-electron chi connectivity index (χ2n) is 4.96. The number of hydrogen-bond donors (Lipinski definition) is 1. The number of H-pyrrole nitrogens is 1. The highest BCUT2D eigenvalue weighted by atomic mass is 35.5. The van der Waals surface area contributed by atoms with Gasteiger partial charge in [-0.15, -0.1) is 0 Å². The molecule has 2 aromatic carbocycles. The Bertz CT molecular complexity index is 882. The SMILES string of the molecule is CN(C)c1cccc(-n2c(=S)[nH]c3cc(Cl)c(F)cc32)c1. The third-order valence-corrected chi connectivity index (χ3v) is 3.90. The number of rotatable bonds is 2. The van der Waals surface area contributed by atoms with Gasteiger partial charge in [0, 0.05) is 25.8 Å². The lowest BCUT2D eigenvalue weighted by Crippen LogP contribution is -2.09. The standard InChI is InChI=1S/C15H13ClFN3S/c1-19(2)9-4-3-5-10(6-9)20-14-8-12(17)11(16)7-13(14)18-15(20)21/h3-8H,1-2H3,(H,18,21). The molecule has 1 heterocycles. The third kappa shape index (κ3) is 2.43. The maximum Gasteiger partial charge on any atom is 0.182 e. The highest BCUT2D eigenvalue weighted by molar-refractivity contribution is 7.71. The van der Waals surface area contributed by atoms with Crippen LogP contribution in [0.2, 0.25) is 5.02 Å². The molecule has 1 aromatic heterocycles. The number of benzene rings is 2. The molecule has 0 unspecified atom stereocenters. The summed E-state index contributed by atoms with van der Waals surface area (Å²) in [4.78, 5) is 5.05. The summed E-state index contributed by atoms with van der Waals surface area (Å²) < 4.78 is 16.1. The van der Waals surface area contributed by atoms with Crippen LogP contribution in [0.15, 0.2) is 36.4 Å². The molecule has 21 heavy (non-hydrogen) atoms. The molecule has 0 amide bonds. The van der Waals surface area contributed by atoms with Crippen LogP contribution in [-0.2, 0) is 0 Å². The number of halogens is 2. The third-order valence-electron chi connectivity index (χ3n) is 3.33. The average molecular weight is 322 g/mol. The number of aromatic nitrogens is 2. The van der Waals surface area contributed by atoms with Gasteiger partial charge >= 0.3 is 0 Å². The Hall–Kier alpha value is -1.85. The maximum atomic E-state index is 13.8. The highest BCUT2D eigenvalue weighted by Gasteiger charge is 2.11. The summed E-state index contributed by atoms with van der Waals surface area (Å²) in [6, 6.07) is 10.8. The molecule has 0 aliphatic rings. The fourth-order valence-corrected chi connectivity index (χ4v) is 2.75. The minimum absolute atomic E-state index is 0.0768. The molecule has 0 aliphatic carbocycles. The van der Waals surface area contributed by atoms with Crippen LogP contribution < -0.4 is 4.90 Å². The van der Waals surface area contributed by atoms with Gasteiger partial charge in [0.15, 0.2) is 4.77 Å². The summed E-state index contributed by atoms with van der Waals surface area (Å²) in [5.41, 5.74) is 3.29. The van der Waals surface area contributed by atoms with Crippen molar-refractivity contribution < 1.29 is 4.39 Å². The van der Waals surface area contributed by atoms with Gasteiger partial charge in [-0.1, -0.05) is 17.7 Å². The molecule has 3 aromatic rings. The van der Waals surface area contributed by atoms with Crippen molar-refractivity contribution in [2.24, 2.45) is 0 Å². The van der Waals surface area contributed by atoms with Crippen LogP contribution in [0.1, 0.15) is 0 Å². The lowest BCUT2D eigenvalue weighted by atomic mass is 10.2. The molecule has 0 aliphatic heterocycles. The van der Waals surface area contributed by atoms with Gasteiger partial charge in [-0.25, -0.2) is 4.39 Å². The van der Waals surface area contributed by atoms with Crippen LogP contribution in [0.4, 0.5) is 10.1 Å². The van der Waals surface area contributed by atoms with Crippen LogP contribution in [-0.4, -0.2) is 23.6 Å². The van der Waals surface area contributed by atoms with Gasteiger partial charge in [-0.2, -0.15) is 0 Å². The first kappa shape index (κ1) is 14.1. The van der Waals surface area contributed by atoms with Crippen LogP contribution >= 0.6 is 23.8 Å². The number of fused-ring (bicyclic) bond motifs is 1. The second-order valence-corrected chi connectivity index (χ2v) is 5.76. The number of hydrogen-bond acceptors (Lipinski definition) is 2. The molecule has 0 atom stereocenters. The van der Waals surface area contributed by atoms with E-state index in [4.69, 9.17) is 23.8 Å². The van der Waals surface area contributed by atoms with E-state index in [1.54, 1.807) is 10.6 Å². The minimum Gasteiger partial charge on any atom is -0.378 e. The van der Waals surface area contributed by atoms with Gasteiger partial charge in [0.05, 0.1) is 21.7 Å². The van der Waals surface area contributed by atoms with E-state index < -0.39 is 5.82 Å².